The fraction of sp³-hybridized carbons (Fsp3) is 0.476. The molecule has 0 bridgehead atoms. The molecule has 2 aromatic rings. The van der Waals surface area contributed by atoms with Crippen molar-refractivity contribution in [1.82, 2.24) is 5.32 Å². The number of ketones is 1. The number of para-hydroxylation sites is 1. The molecule has 4 rings (SSSR count). The van der Waals surface area contributed by atoms with E-state index in [2.05, 4.69) is 12.2 Å². The van der Waals surface area contributed by atoms with E-state index in [1.54, 1.807) is 11.3 Å². The van der Waals surface area contributed by atoms with Crippen molar-refractivity contribution in [2.24, 2.45) is 5.92 Å². The number of nitrogens with one attached hydrogen (secondary N) is 1. The molecule has 1 aromatic heterocycles. The van der Waals surface area contributed by atoms with Gasteiger partial charge in [-0.1, -0.05) is 18.2 Å². The molecule has 4 nitrogen and oxygen atoms in total. The zero-order valence-corrected chi connectivity index (χ0v) is 15.8. The molecule has 2 aliphatic carbocycles. The van der Waals surface area contributed by atoms with E-state index in [0.29, 0.717) is 6.54 Å². The van der Waals surface area contributed by atoms with Crippen LogP contribution in [0.15, 0.2) is 36.4 Å². The lowest BCUT2D eigenvalue weighted by molar-refractivity contribution is 0.0442. The van der Waals surface area contributed by atoms with Gasteiger partial charge in [-0.25, -0.2) is 0 Å². The third kappa shape index (κ3) is 3.56. The zero-order valence-electron chi connectivity index (χ0n) is 15.0. The van der Waals surface area contributed by atoms with Crippen LogP contribution >= 0.6 is 11.3 Å². The van der Waals surface area contributed by atoms with Crippen LogP contribution in [0.4, 0.5) is 0 Å². The number of aliphatic hydroxyl groups excluding tert-OH is 1. The fourth-order valence-electron chi connectivity index (χ4n) is 4.07. The van der Waals surface area contributed by atoms with Gasteiger partial charge < -0.3 is 15.2 Å². The number of carbonyl (C=O) groups is 1. The number of aliphatic hydroxyl groups is 1. The molecule has 138 valence electrons. The second kappa shape index (κ2) is 7.51. The van der Waals surface area contributed by atoms with Crippen molar-refractivity contribution >= 4 is 17.1 Å². The lowest BCUT2D eigenvalue weighted by Gasteiger charge is -2.25. The summed E-state index contributed by atoms with van der Waals surface area (Å²) in [5, 5.41) is 14.0. The summed E-state index contributed by atoms with van der Waals surface area (Å²) in [6, 6.07) is 11.7. The minimum absolute atomic E-state index is 0.0118. The molecular formula is C21H25NO3S. The van der Waals surface area contributed by atoms with E-state index >= 15 is 0 Å². The molecule has 0 radical (unpaired) electrons. The van der Waals surface area contributed by atoms with Crippen LogP contribution in [0.1, 0.15) is 39.4 Å². The molecule has 2 N–H and O–H groups in total. The van der Waals surface area contributed by atoms with Crippen molar-refractivity contribution < 1.29 is 14.6 Å². The number of hydrogen-bond acceptors (Lipinski definition) is 5. The Hall–Kier alpha value is -1.69. The second-order valence-corrected chi connectivity index (χ2v) is 8.69. The first-order valence-corrected chi connectivity index (χ1v) is 10.2. The number of Topliss-reactive ketones (excluding diaryl/α,β-unsaturated/α-hetero) is 1. The number of ether oxygens (including phenoxy) is 1. The third-order valence-electron chi connectivity index (χ3n) is 5.50. The highest BCUT2D eigenvalue weighted by Gasteiger charge is 2.37. The first-order chi connectivity index (χ1) is 12.6. The molecule has 1 saturated carbocycles. The van der Waals surface area contributed by atoms with E-state index in [4.69, 9.17) is 4.74 Å². The Labute approximate surface area is 158 Å². The highest BCUT2D eigenvalue weighted by atomic mass is 32.1. The van der Waals surface area contributed by atoms with Crippen molar-refractivity contribution in [1.29, 1.82) is 0 Å². The van der Waals surface area contributed by atoms with E-state index < -0.39 is 6.10 Å². The quantitative estimate of drug-likeness (QED) is 0.846. The summed E-state index contributed by atoms with van der Waals surface area (Å²) < 4.78 is 5.92. The molecule has 4 atom stereocenters. The summed E-state index contributed by atoms with van der Waals surface area (Å²) in [5.74, 6) is 1.06. The van der Waals surface area contributed by atoms with Crippen LogP contribution in [0.25, 0.3) is 0 Å². The van der Waals surface area contributed by atoms with Crippen LogP contribution in [0.5, 0.6) is 5.75 Å². The molecule has 1 aromatic carbocycles. The van der Waals surface area contributed by atoms with Gasteiger partial charge in [0, 0.05) is 33.8 Å². The largest absolute Gasteiger partial charge is 0.488 e. The number of benzene rings is 1. The Morgan fingerprint density at radius 1 is 1.23 bits per heavy atom. The number of carbonyl (C=O) groups excluding carboxylic acids is 1. The summed E-state index contributed by atoms with van der Waals surface area (Å²) in [6.45, 7) is 2.69. The van der Waals surface area contributed by atoms with Crippen LogP contribution in [-0.2, 0) is 6.42 Å². The Morgan fingerprint density at radius 3 is 2.85 bits per heavy atom. The third-order valence-corrected chi connectivity index (χ3v) is 6.61. The lowest BCUT2D eigenvalue weighted by atomic mass is 9.87. The normalized spacial score (nSPS) is 28.2. The summed E-state index contributed by atoms with van der Waals surface area (Å²) in [5.41, 5.74) is 0.919. The second-order valence-electron chi connectivity index (χ2n) is 7.35. The Bertz CT molecular complexity index is 773. The van der Waals surface area contributed by atoms with Crippen molar-refractivity contribution in [2.75, 3.05) is 6.54 Å². The predicted molar refractivity (Wildman–Crippen MR) is 103 cm³/mol. The van der Waals surface area contributed by atoms with Crippen molar-refractivity contribution in [3.63, 3.8) is 0 Å². The number of thiophene rings is 1. The summed E-state index contributed by atoms with van der Waals surface area (Å²) in [6.07, 6.45) is 2.82. The van der Waals surface area contributed by atoms with Gasteiger partial charge in [-0.15, -0.1) is 11.3 Å². The van der Waals surface area contributed by atoms with Crippen LogP contribution in [0, 0.1) is 12.8 Å². The number of hydrogen-bond donors (Lipinski definition) is 2. The molecule has 1 fully saturated rings. The van der Waals surface area contributed by atoms with Crippen LogP contribution in [0.2, 0.25) is 0 Å². The molecule has 0 saturated heterocycles. The van der Waals surface area contributed by atoms with Gasteiger partial charge in [-0.05, 0) is 50.8 Å². The molecular weight excluding hydrogens is 346 g/mol. The van der Waals surface area contributed by atoms with Gasteiger partial charge in [0.05, 0.1) is 0 Å². The van der Waals surface area contributed by atoms with Crippen molar-refractivity contribution in [2.45, 2.75) is 50.9 Å². The lowest BCUT2D eigenvalue weighted by Crippen LogP contribution is -2.44. The summed E-state index contributed by atoms with van der Waals surface area (Å²) in [4.78, 5) is 15.2. The summed E-state index contributed by atoms with van der Waals surface area (Å²) in [7, 11) is 0. The minimum atomic E-state index is -0.548. The molecule has 0 spiro atoms. The van der Waals surface area contributed by atoms with E-state index in [1.807, 2.05) is 36.4 Å². The molecule has 0 amide bonds. The van der Waals surface area contributed by atoms with E-state index in [1.165, 1.54) is 9.75 Å². The Kier molecular flexibility index (Phi) is 5.11. The maximum atomic E-state index is 12.7. The maximum Gasteiger partial charge on any atom is 0.168 e. The predicted octanol–water partition coefficient (Wildman–Crippen LogP) is 3.36. The molecule has 1 heterocycles. The average Bonchev–Trinajstić information content (AvgIpc) is 3.19. The Balaban J connectivity index is 1.32. The Morgan fingerprint density at radius 2 is 2.04 bits per heavy atom. The molecule has 0 unspecified atom stereocenters. The van der Waals surface area contributed by atoms with Gasteiger partial charge in [0.1, 0.15) is 18.0 Å². The van der Waals surface area contributed by atoms with E-state index in [0.717, 1.165) is 37.0 Å². The van der Waals surface area contributed by atoms with E-state index in [-0.39, 0.29) is 23.8 Å². The first-order valence-electron chi connectivity index (χ1n) is 9.38. The highest BCUT2D eigenvalue weighted by molar-refractivity contribution is 7.12. The SMILES string of the molecule is Cc1cc2c(s1)CC[C@H](CN[C@H]1CC[C@H](Oc3ccccc3)[C@H]1O)C2=O. The monoisotopic (exact) mass is 371 g/mol. The molecule has 0 aliphatic heterocycles. The standard InChI is InChI=1S/C21H25NO3S/c1-13-11-16-19(26-13)10-7-14(20(16)23)12-22-17-8-9-18(21(17)24)25-15-5-3-2-4-6-15/h2-6,11,14,17-18,21-22,24H,7-10,12H2,1H3/t14-,17+,18+,21+/m1/s1. The highest BCUT2D eigenvalue weighted by Crippen LogP contribution is 2.32. The van der Waals surface area contributed by atoms with Gasteiger partial charge in [0.15, 0.2) is 5.78 Å². The van der Waals surface area contributed by atoms with Gasteiger partial charge >= 0.3 is 0 Å². The molecule has 26 heavy (non-hydrogen) atoms. The van der Waals surface area contributed by atoms with Gasteiger partial charge in [0.25, 0.3) is 0 Å². The fourth-order valence-corrected chi connectivity index (χ4v) is 5.13. The number of aryl methyl sites for hydroxylation is 2. The smallest absolute Gasteiger partial charge is 0.168 e. The van der Waals surface area contributed by atoms with Crippen molar-refractivity contribution in [3.8, 4) is 5.75 Å². The van der Waals surface area contributed by atoms with Crippen LogP contribution in [-0.4, -0.2) is 35.7 Å². The van der Waals surface area contributed by atoms with Gasteiger partial charge in [-0.3, -0.25) is 4.79 Å². The summed E-state index contributed by atoms with van der Waals surface area (Å²) >= 11 is 1.74. The van der Waals surface area contributed by atoms with Crippen molar-refractivity contribution in [3.05, 3.63) is 51.7 Å². The van der Waals surface area contributed by atoms with Crippen LogP contribution < -0.4 is 10.1 Å². The van der Waals surface area contributed by atoms with Gasteiger partial charge in [-0.2, -0.15) is 0 Å². The molecule has 5 heteroatoms. The first kappa shape index (κ1) is 17.7. The van der Waals surface area contributed by atoms with Crippen LogP contribution in [0.3, 0.4) is 0 Å². The maximum absolute atomic E-state index is 12.7. The van der Waals surface area contributed by atoms with E-state index in [9.17, 15) is 9.90 Å². The number of fused-ring (bicyclic) bond motifs is 1. The molecule has 2 aliphatic rings. The topological polar surface area (TPSA) is 58.6 Å². The van der Waals surface area contributed by atoms with Gasteiger partial charge in [0.2, 0.25) is 0 Å². The zero-order chi connectivity index (χ0) is 18.1. The minimum Gasteiger partial charge on any atom is -0.488 e. The number of rotatable bonds is 5. The average molecular weight is 372 g/mol.